The van der Waals surface area contributed by atoms with Crippen LogP contribution in [0, 0.1) is 149 Å². The second-order valence-corrected chi connectivity index (χ2v) is 34.6. The van der Waals surface area contributed by atoms with Crippen LogP contribution in [0.3, 0.4) is 0 Å². The first kappa shape index (κ1) is 84.0. The van der Waals surface area contributed by atoms with E-state index in [2.05, 4.69) is 292 Å². The van der Waals surface area contributed by atoms with Gasteiger partial charge in [0.2, 0.25) is 45.0 Å². The summed E-state index contributed by atoms with van der Waals surface area (Å²) in [5, 5.41) is 8.44. The van der Waals surface area contributed by atoms with Crippen LogP contribution in [0.4, 0.5) is 13.2 Å². The van der Waals surface area contributed by atoms with Crippen LogP contribution in [0.2, 0.25) is 0 Å². The van der Waals surface area contributed by atoms with Gasteiger partial charge in [-0.3, -0.25) is 0 Å². The second kappa shape index (κ2) is 34.7. The predicted molar refractivity (Wildman–Crippen MR) is 485 cm³/mol. The van der Waals surface area contributed by atoms with E-state index in [4.69, 9.17) is 0 Å². The standard InChI is InChI=1S/2C24H27FN.C21H23FN.C21H24N.C19H20N/c1-15-13-21(16(2)17(3)23(15)25)24-22-14-20(18-7-5-6-8-18)10-9-19(22)11-12-26(24)4;1-15-13-16(2)23(25)22(17(15)3)24-21-14-20(18-7-5-6-8-18)10-9-19(21)11-12-26(24)4;1-12-9-13(2)15(4)18(10-12)19-8-7-17-16(5)21(22)14(3)11-20(17)23(19)6;1-13-9-15(3)17(5)19(11-13)20-8-7-18-16(4)10-14(2)12-21(18)22(20)6;1-13-11-14(2)15(3)17(12-13)19-10-9-16-7-5-6-8-18(16)20(19)4/h2*9-14,18H,5-8H2,1-4H3;7-11H,1-6H3;7-12H,1-6H3;5-12H,1-4H3/q5*+1. The fourth-order valence-electron chi connectivity index (χ4n) is 18.8. The van der Waals surface area contributed by atoms with Gasteiger partial charge in [-0.05, 0) is 341 Å². The SMILES string of the molecule is Cc1cc(-c2c3cc(C4CCCC4)ccc3cc[n+]2C)c(C)c(C)c1F.Cc1cc(C)c(C)c(-c2ccc3c(C)c(F)c(C)cc3[n+]2C)c1.Cc1cc(C)c(C)c(-c2ccc3c(C)cc(C)cc3[n+]2C)c1.Cc1cc(C)c(C)c(-c2ccc3ccccc3[n+]2C)c1.Cc1cc(C)c(F)c(-c2c3cc(C4CCCC4)ccc3cc[n+]2C)c1C. The maximum Gasteiger partial charge on any atom is 0.223 e. The zero-order chi connectivity index (χ0) is 84.0. The minimum atomic E-state index is -0.104. The molecule has 2 aliphatic carbocycles. The van der Waals surface area contributed by atoms with E-state index in [-0.39, 0.29) is 17.5 Å². The van der Waals surface area contributed by atoms with Crippen LogP contribution in [0.15, 0.2) is 188 Å². The molecule has 0 spiro atoms. The zero-order valence-electron chi connectivity index (χ0n) is 74.1. The number of fused-ring (bicyclic) bond motifs is 5. The van der Waals surface area contributed by atoms with Crippen LogP contribution in [0.25, 0.3) is 111 Å². The van der Waals surface area contributed by atoms with Crippen molar-refractivity contribution in [2.24, 2.45) is 35.2 Å². The number of hydrogen-bond donors (Lipinski definition) is 0. The molecule has 0 amide bonds. The number of aryl methyl sites for hydroxylation is 18. The van der Waals surface area contributed by atoms with Crippen molar-refractivity contribution in [2.75, 3.05) is 0 Å². The minimum Gasteiger partial charge on any atom is -0.206 e. The fraction of sp³-hybridized carbons (Fsp3) is 0.312. The van der Waals surface area contributed by atoms with E-state index in [0.717, 1.165) is 66.6 Å². The van der Waals surface area contributed by atoms with Gasteiger partial charge in [-0.15, -0.1) is 0 Å². The third-order valence-electron chi connectivity index (χ3n) is 26.3. The number of halogens is 3. The average Bonchev–Trinajstić information content (AvgIpc) is 1.36. The molecule has 0 saturated heterocycles. The molecule has 15 aromatic rings. The molecule has 0 radical (unpaired) electrons. The lowest BCUT2D eigenvalue weighted by Gasteiger charge is -2.15. The second-order valence-electron chi connectivity index (χ2n) is 34.6. The minimum absolute atomic E-state index is 0.0826. The van der Waals surface area contributed by atoms with Crippen LogP contribution in [-0.4, -0.2) is 0 Å². The summed E-state index contributed by atoms with van der Waals surface area (Å²) in [6.07, 6.45) is 14.6. The average molecular weight is 1560 g/mol. The molecular weight excluding hydrogens is 1440 g/mol. The van der Waals surface area contributed by atoms with E-state index in [0.29, 0.717) is 28.5 Å². The number of benzene rings is 10. The molecule has 0 bridgehead atoms. The predicted octanol–water partition coefficient (Wildman–Crippen LogP) is 26.2. The summed E-state index contributed by atoms with van der Waals surface area (Å²) >= 11 is 0. The highest BCUT2D eigenvalue weighted by Gasteiger charge is 2.29. The Hall–Kier alpha value is -11.0. The van der Waals surface area contributed by atoms with Crippen LogP contribution >= 0.6 is 0 Å². The normalized spacial score (nSPS) is 12.9. The van der Waals surface area contributed by atoms with Crippen molar-refractivity contribution in [3.05, 3.63) is 323 Å². The van der Waals surface area contributed by atoms with Gasteiger partial charge in [-0.1, -0.05) is 109 Å². The number of nitrogens with zero attached hydrogens (tertiary/aromatic N) is 5. The summed E-state index contributed by atoms with van der Waals surface area (Å²) in [6, 6.07) is 63.6. The molecule has 17 rings (SSSR count). The van der Waals surface area contributed by atoms with Gasteiger partial charge >= 0.3 is 0 Å². The molecule has 117 heavy (non-hydrogen) atoms. The maximum absolute atomic E-state index is 15.2. The molecule has 8 heteroatoms. The molecule has 598 valence electrons. The molecule has 10 aromatic carbocycles. The Morgan fingerprint density at radius 3 is 1.17 bits per heavy atom. The lowest BCUT2D eigenvalue weighted by molar-refractivity contribution is -0.659. The summed E-state index contributed by atoms with van der Waals surface area (Å²) in [4.78, 5) is 0. The Labute approximate surface area is 694 Å². The molecule has 0 aliphatic heterocycles. The van der Waals surface area contributed by atoms with Gasteiger partial charge in [0, 0.05) is 76.0 Å². The third kappa shape index (κ3) is 16.9. The summed E-state index contributed by atoms with van der Waals surface area (Å²) < 4.78 is 54.8. The largest absolute Gasteiger partial charge is 0.223 e. The zero-order valence-corrected chi connectivity index (χ0v) is 74.1. The molecule has 2 saturated carbocycles. The Morgan fingerprint density at radius 2 is 0.658 bits per heavy atom. The first-order valence-electron chi connectivity index (χ1n) is 42.2. The number of rotatable bonds is 7. The highest BCUT2D eigenvalue weighted by molar-refractivity contribution is 5.96. The van der Waals surface area contributed by atoms with Crippen LogP contribution < -0.4 is 22.8 Å². The number of pyridine rings is 5. The van der Waals surface area contributed by atoms with Crippen LogP contribution in [-0.2, 0) is 35.2 Å². The Bertz CT molecular complexity index is 6400. The van der Waals surface area contributed by atoms with Crippen molar-refractivity contribution in [1.29, 1.82) is 0 Å². The van der Waals surface area contributed by atoms with Crippen molar-refractivity contribution in [1.82, 2.24) is 0 Å². The summed E-state index contributed by atoms with van der Waals surface area (Å²) in [6.45, 7) is 39.4. The Morgan fingerprint density at radius 1 is 0.265 bits per heavy atom. The van der Waals surface area contributed by atoms with Crippen molar-refractivity contribution < 1.29 is 36.0 Å². The van der Waals surface area contributed by atoms with Gasteiger partial charge in [0.25, 0.3) is 0 Å². The van der Waals surface area contributed by atoms with Gasteiger partial charge in [0.1, 0.15) is 52.7 Å². The summed E-state index contributed by atoms with van der Waals surface area (Å²) in [5.41, 5.74) is 39.6. The van der Waals surface area contributed by atoms with Crippen molar-refractivity contribution >= 4 is 54.3 Å². The maximum atomic E-state index is 15.2. The molecule has 0 unspecified atom stereocenters. The lowest BCUT2D eigenvalue weighted by Crippen LogP contribution is -2.32. The van der Waals surface area contributed by atoms with Gasteiger partial charge in [0.15, 0.2) is 12.4 Å². The molecular formula is C109H121F3N5+5. The van der Waals surface area contributed by atoms with Crippen LogP contribution in [0.1, 0.15) is 180 Å². The first-order valence-corrected chi connectivity index (χ1v) is 42.2. The van der Waals surface area contributed by atoms with Gasteiger partial charge in [-0.25, -0.2) is 22.3 Å². The highest BCUT2D eigenvalue weighted by Crippen LogP contribution is 2.42. The van der Waals surface area contributed by atoms with Crippen molar-refractivity contribution in [2.45, 2.75) is 195 Å². The van der Waals surface area contributed by atoms with Crippen molar-refractivity contribution in [3.8, 4) is 56.3 Å². The number of para-hydroxylation sites is 1. The Balaban J connectivity index is 0.000000127. The number of aromatic nitrogens is 5. The third-order valence-corrected chi connectivity index (χ3v) is 26.3. The molecule has 5 nitrogen and oxygen atoms in total. The molecule has 2 fully saturated rings. The van der Waals surface area contributed by atoms with Gasteiger partial charge in [0.05, 0.1) is 27.3 Å². The number of hydrogen-bond acceptors (Lipinski definition) is 0. The molecule has 5 heterocycles. The van der Waals surface area contributed by atoms with E-state index in [1.54, 1.807) is 0 Å². The van der Waals surface area contributed by atoms with Crippen LogP contribution in [0.5, 0.6) is 0 Å². The first-order chi connectivity index (χ1) is 55.7. The fourth-order valence-corrected chi connectivity index (χ4v) is 18.8. The molecule has 0 N–H and O–H groups in total. The highest BCUT2D eigenvalue weighted by atomic mass is 19.1. The Kier molecular flexibility index (Phi) is 24.9. The topological polar surface area (TPSA) is 19.4 Å². The summed E-state index contributed by atoms with van der Waals surface area (Å²) in [5.74, 6) is 1.06. The van der Waals surface area contributed by atoms with Gasteiger partial charge < -0.3 is 0 Å². The van der Waals surface area contributed by atoms with E-state index in [9.17, 15) is 8.78 Å². The van der Waals surface area contributed by atoms with E-state index < -0.39 is 0 Å². The lowest BCUT2D eigenvalue weighted by atomic mass is 9.91. The van der Waals surface area contributed by atoms with E-state index >= 15 is 4.39 Å². The van der Waals surface area contributed by atoms with Crippen molar-refractivity contribution in [3.63, 3.8) is 0 Å². The molecule has 2 aliphatic rings. The monoisotopic (exact) mass is 1560 g/mol. The van der Waals surface area contributed by atoms with E-state index in [1.165, 1.54) is 195 Å². The summed E-state index contributed by atoms with van der Waals surface area (Å²) in [7, 11) is 10.5. The quantitative estimate of drug-likeness (QED) is 0.142. The van der Waals surface area contributed by atoms with Gasteiger partial charge in [-0.2, -0.15) is 13.7 Å². The molecule has 5 aromatic heterocycles. The smallest absolute Gasteiger partial charge is 0.206 e. The van der Waals surface area contributed by atoms with E-state index in [1.807, 2.05) is 86.0 Å². The molecule has 0 atom stereocenters.